The largest absolute Gasteiger partial charge is 0.376 e. The fourth-order valence-corrected chi connectivity index (χ4v) is 2.79. The molecule has 0 unspecified atom stereocenters. The van der Waals surface area contributed by atoms with E-state index in [0.29, 0.717) is 5.69 Å². The summed E-state index contributed by atoms with van der Waals surface area (Å²) in [6.45, 7) is 2.84. The lowest BCUT2D eigenvalue weighted by Gasteiger charge is -2.23. The predicted molar refractivity (Wildman–Crippen MR) is 86.6 cm³/mol. The molecule has 1 fully saturated rings. The highest BCUT2D eigenvalue weighted by Gasteiger charge is 2.25. The van der Waals surface area contributed by atoms with Crippen molar-refractivity contribution < 1.29 is 9.53 Å². The van der Waals surface area contributed by atoms with Crippen LogP contribution in [-0.4, -0.2) is 39.8 Å². The minimum Gasteiger partial charge on any atom is -0.376 e. The number of hydrogen-bond donors (Lipinski definition) is 2. The van der Waals surface area contributed by atoms with Crippen molar-refractivity contribution in [1.29, 1.82) is 0 Å². The molecule has 2 atom stereocenters. The van der Waals surface area contributed by atoms with Crippen molar-refractivity contribution in [3.63, 3.8) is 0 Å². The van der Waals surface area contributed by atoms with Crippen LogP contribution in [-0.2, 0) is 4.74 Å². The third-order valence-corrected chi connectivity index (χ3v) is 3.96. The van der Waals surface area contributed by atoms with Gasteiger partial charge in [-0.15, -0.1) is 5.10 Å². The SMILES string of the molecule is CC[C@H](NC(=O)Nc1cccc(-n2ccnn2)c1)[C@@H]1CCCO1. The maximum Gasteiger partial charge on any atom is 0.319 e. The lowest BCUT2D eigenvalue weighted by Crippen LogP contribution is -2.44. The van der Waals surface area contributed by atoms with Gasteiger partial charge in [-0.2, -0.15) is 0 Å². The molecule has 23 heavy (non-hydrogen) atoms. The van der Waals surface area contributed by atoms with Crippen LogP contribution in [0.3, 0.4) is 0 Å². The van der Waals surface area contributed by atoms with Crippen molar-refractivity contribution in [2.45, 2.75) is 38.3 Å². The molecule has 3 rings (SSSR count). The quantitative estimate of drug-likeness (QED) is 0.887. The van der Waals surface area contributed by atoms with Crippen LogP contribution in [0, 0.1) is 0 Å². The topological polar surface area (TPSA) is 81.1 Å². The molecule has 7 heteroatoms. The number of ether oxygens (including phenoxy) is 1. The fraction of sp³-hybridized carbons (Fsp3) is 0.438. The Labute approximate surface area is 135 Å². The molecule has 1 aromatic carbocycles. The van der Waals surface area contributed by atoms with Crippen molar-refractivity contribution in [2.24, 2.45) is 0 Å². The molecule has 1 aliphatic heterocycles. The zero-order chi connectivity index (χ0) is 16.1. The summed E-state index contributed by atoms with van der Waals surface area (Å²) in [5.74, 6) is 0. The van der Waals surface area contributed by atoms with E-state index in [2.05, 4.69) is 27.9 Å². The number of anilines is 1. The van der Waals surface area contributed by atoms with Crippen molar-refractivity contribution >= 4 is 11.7 Å². The Balaban J connectivity index is 1.62. The zero-order valence-corrected chi connectivity index (χ0v) is 13.1. The highest BCUT2D eigenvalue weighted by Crippen LogP contribution is 2.18. The molecular formula is C16H21N5O2. The lowest BCUT2D eigenvalue weighted by molar-refractivity contribution is 0.0804. The normalized spacial score (nSPS) is 18.6. The molecule has 2 heterocycles. The van der Waals surface area contributed by atoms with Gasteiger partial charge in [-0.1, -0.05) is 18.2 Å². The molecule has 0 radical (unpaired) electrons. The first kappa shape index (κ1) is 15.5. The van der Waals surface area contributed by atoms with Crippen LogP contribution in [0.4, 0.5) is 10.5 Å². The minimum atomic E-state index is -0.219. The van der Waals surface area contributed by atoms with Crippen LogP contribution in [0.2, 0.25) is 0 Å². The highest BCUT2D eigenvalue weighted by atomic mass is 16.5. The van der Waals surface area contributed by atoms with E-state index in [0.717, 1.165) is 31.6 Å². The summed E-state index contributed by atoms with van der Waals surface area (Å²) in [6, 6.07) is 7.27. The summed E-state index contributed by atoms with van der Waals surface area (Å²) < 4.78 is 7.31. The van der Waals surface area contributed by atoms with E-state index in [-0.39, 0.29) is 18.2 Å². The molecule has 1 saturated heterocycles. The van der Waals surface area contributed by atoms with Crippen molar-refractivity contribution in [3.8, 4) is 5.69 Å². The second-order valence-corrected chi connectivity index (χ2v) is 5.56. The molecule has 1 aromatic heterocycles. The molecule has 7 nitrogen and oxygen atoms in total. The third kappa shape index (κ3) is 3.87. The molecule has 1 aliphatic rings. The van der Waals surface area contributed by atoms with E-state index in [1.54, 1.807) is 17.1 Å². The number of benzene rings is 1. The molecule has 122 valence electrons. The van der Waals surface area contributed by atoms with Crippen LogP contribution in [0.15, 0.2) is 36.7 Å². The molecule has 2 aromatic rings. The van der Waals surface area contributed by atoms with Gasteiger partial charge in [0.1, 0.15) is 0 Å². The monoisotopic (exact) mass is 315 g/mol. The smallest absolute Gasteiger partial charge is 0.319 e. The average Bonchev–Trinajstić information content (AvgIpc) is 3.26. The molecule has 0 saturated carbocycles. The molecule has 2 N–H and O–H groups in total. The van der Waals surface area contributed by atoms with Crippen LogP contribution < -0.4 is 10.6 Å². The number of hydrogen-bond acceptors (Lipinski definition) is 4. The molecule has 2 amide bonds. The molecule has 0 bridgehead atoms. The molecular weight excluding hydrogens is 294 g/mol. The van der Waals surface area contributed by atoms with Gasteiger partial charge < -0.3 is 15.4 Å². The highest BCUT2D eigenvalue weighted by molar-refractivity contribution is 5.89. The van der Waals surface area contributed by atoms with Crippen molar-refractivity contribution in [3.05, 3.63) is 36.7 Å². The first-order valence-corrected chi connectivity index (χ1v) is 7.92. The fourth-order valence-electron chi connectivity index (χ4n) is 2.79. The summed E-state index contributed by atoms with van der Waals surface area (Å²) in [7, 11) is 0. The summed E-state index contributed by atoms with van der Waals surface area (Å²) in [4.78, 5) is 12.2. The molecule has 0 spiro atoms. The van der Waals surface area contributed by atoms with Crippen LogP contribution in [0.1, 0.15) is 26.2 Å². The van der Waals surface area contributed by atoms with Crippen LogP contribution in [0.25, 0.3) is 5.69 Å². The Hall–Kier alpha value is -2.41. The van der Waals surface area contributed by atoms with Crippen LogP contribution in [0.5, 0.6) is 0 Å². The van der Waals surface area contributed by atoms with Gasteiger partial charge in [0, 0.05) is 12.3 Å². The Morgan fingerprint density at radius 3 is 3.13 bits per heavy atom. The number of carbonyl (C=O) groups excluding carboxylic acids is 1. The van der Waals surface area contributed by atoms with Gasteiger partial charge in [-0.3, -0.25) is 0 Å². The first-order valence-electron chi connectivity index (χ1n) is 7.92. The van der Waals surface area contributed by atoms with E-state index in [1.165, 1.54) is 0 Å². The molecule has 0 aliphatic carbocycles. The van der Waals surface area contributed by atoms with Gasteiger partial charge in [0.25, 0.3) is 0 Å². The number of amides is 2. The standard InChI is InChI=1S/C16H21N5O2/c1-2-14(15-7-4-10-23-15)19-16(22)18-12-5-3-6-13(11-12)21-9-8-17-20-21/h3,5-6,8-9,11,14-15H,2,4,7,10H2,1H3,(H2,18,19,22)/t14-,15-/m0/s1. The number of aromatic nitrogens is 3. The van der Waals surface area contributed by atoms with E-state index < -0.39 is 0 Å². The second kappa shape index (κ2) is 7.23. The van der Waals surface area contributed by atoms with Gasteiger partial charge in [0.05, 0.1) is 30.2 Å². The average molecular weight is 315 g/mol. The maximum atomic E-state index is 12.2. The number of nitrogens with one attached hydrogen (secondary N) is 2. The Kier molecular flexibility index (Phi) is 4.87. The van der Waals surface area contributed by atoms with Gasteiger partial charge in [-0.25, -0.2) is 9.48 Å². The minimum absolute atomic E-state index is 0.0380. The summed E-state index contributed by atoms with van der Waals surface area (Å²) >= 11 is 0. The zero-order valence-electron chi connectivity index (χ0n) is 13.1. The van der Waals surface area contributed by atoms with Crippen molar-refractivity contribution in [2.75, 3.05) is 11.9 Å². The summed E-state index contributed by atoms with van der Waals surface area (Å²) in [6.07, 6.45) is 6.39. The summed E-state index contributed by atoms with van der Waals surface area (Å²) in [5, 5.41) is 13.6. The summed E-state index contributed by atoms with van der Waals surface area (Å²) in [5.41, 5.74) is 1.55. The van der Waals surface area contributed by atoms with Gasteiger partial charge in [-0.05, 0) is 37.5 Å². The Morgan fingerprint density at radius 1 is 1.52 bits per heavy atom. The van der Waals surface area contributed by atoms with Gasteiger partial charge in [0.2, 0.25) is 0 Å². The van der Waals surface area contributed by atoms with Gasteiger partial charge in [0.15, 0.2) is 0 Å². The second-order valence-electron chi connectivity index (χ2n) is 5.56. The number of carbonyl (C=O) groups is 1. The first-order chi connectivity index (χ1) is 11.3. The number of nitrogens with zero attached hydrogens (tertiary/aromatic N) is 3. The lowest BCUT2D eigenvalue weighted by atomic mass is 10.1. The number of rotatable bonds is 5. The van der Waals surface area contributed by atoms with E-state index >= 15 is 0 Å². The van der Waals surface area contributed by atoms with Crippen molar-refractivity contribution in [1.82, 2.24) is 20.3 Å². The number of urea groups is 1. The predicted octanol–water partition coefficient (Wildman–Crippen LogP) is 2.35. The maximum absolute atomic E-state index is 12.2. The Bertz CT molecular complexity index is 638. The third-order valence-electron chi connectivity index (χ3n) is 3.96. The van der Waals surface area contributed by atoms with E-state index in [1.807, 2.05) is 24.3 Å². The van der Waals surface area contributed by atoms with E-state index in [4.69, 9.17) is 4.74 Å². The van der Waals surface area contributed by atoms with E-state index in [9.17, 15) is 4.79 Å². The van der Waals surface area contributed by atoms with Crippen LogP contribution >= 0.6 is 0 Å². The van der Waals surface area contributed by atoms with Gasteiger partial charge >= 0.3 is 6.03 Å². The Morgan fingerprint density at radius 2 is 2.43 bits per heavy atom.